The van der Waals surface area contributed by atoms with E-state index in [1.807, 2.05) is 24.9 Å². The van der Waals surface area contributed by atoms with Crippen LogP contribution in [0.25, 0.3) is 22.4 Å². The number of pyridine rings is 1. The number of hydrogen-bond acceptors (Lipinski definition) is 5. The zero-order valence-electron chi connectivity index (χ0n) is 17.4. The second kappa shape index (κ2) is 7.18. The molecule has 0 unspecified atom stereocenters. The smallest absolute Gasteiger partial charge is 0.341 e. The molecular formula is C22H20F2N4O4. The van der Waals surface area contributed by atoms with Crippen molar-refractivity contribution >= 4 is 5.97 Å². The van der Waals surface area contributed by atoms with Gasteiger partial charge < -0.3 is 14.9 Å². The minimum absolute atomic E-state index is 0.000542. The lowest BCUT2D eigenvalue weighted by Gasteiger charge is -2.39. The fourth-order valence-corrected chi connectivity index (χ4v) is 4.45. The van der Waals surface area contributed by atoms with Gasteiger partial charge in [0.1, 0.15) is 11.3 Å². The van der Waals surface area contributed by atoms with Gasteiger partial charge in [-0.25, -0.2) is 9.48 Å². The first-order valence-electron chi connectivity index (χ1n) is 10.2. The SMILES string of the molecule is CC(C)N1Cc2cc(-c3cnn(C(F)F)c3)c3c(c2-c2cc(=O)c(C(=O)O)cn21)CCO3. The quantitative estimate of drug-likeness (QED) is 0.667. The molecule has 8 nitrogen and oxygen atoms in total. The summed E-state index contributed by atoms with van der Waals surface area (Å²) in [7, 11) is 0. The summed E-state index contributed by atoms with van der Waals surface area (Å²) in [5.74, 6) is -0.698. The molecule has 4 heterocycles. The van der Waals surface area contributed by atoms with Crippen molar-refractivity contribution in [2.45, 2.75) is 39.4 Å². The molecule has 1 N–H and O–H groups in total. The van der Waals surface area contributed by atoms with Gasteiger partial charge in [0.05, 0.1) is 25.0 Å². The van der Waals surface area contributed by atoms with Crippen LogP contribution in [0.15, 0.2) is 35.5 Å². The zero-order chi connectivity index (χ0) is 22.7. The molecule has 5 rings (SSSR count). The zero-order valence-corrected chi connectivity index (χ0v) is 17.4. The second-order valence-electron chi connectivity index (χ2n) is 8.13. The maximum atomic E-state index is 13.1. The number of benzene rings is 1. The van der Waals surface area contributed by atoms with Gasteiger partial charge in [-0.2, -0.15) is 13.9 Å². The van der Waals surface area contributed by atoms with Crippen molar-refractivity contribution in [3.05, 3.63) is 57.6 Å². The van der Waals surface area contributed by atoms with E-state index in [2.05, 4.69) is 5.10 Å². The Kier molecular flexibility index (Phi) is 4.54. The van der Waals surface area contributed by atoms with Gasteiger partial charge in [0.25, 0.3) is 0 Å². The molecule has 0 amide bonds. The van der Waals surface area contributed by atoms with Crippen LogP contribution in [0.3, 0.4) is 0 Å². The molecule has 2 aliphatic heterocycles. The van der Waals surface area contributed by atoms with E-state index in [1.54, 1.807) is 4.68 Å². The first-order valence-corrected chi connectivity index (χ1v) is 10.2. The van der Waals surface area contributed by atoms with Gasteiger partial charge in [0, 0.05) is 53.2 Å². The minimum atomic E-state index is -2.74. The number of aromatic carboxylic acids is 1. The fraction of sp³-hybridized carbons (Fsp3) is 0.318. The lowest BCUT2D eigenvalue weighted by atomic mass is 9.89. The van der Waals surface area contributed by atoms with Crippen LogP contribution >= 0.6 is 0 Å². The Labute approximate surface area is 181 Å². The summed E-state index contributed by atoms with van der Waals surface area (Å²) in [6.45, 7) is 2.07. The van der Waals surface area contributed by atoms with Gasteiger partial charge >= 0.3 is 12.5 Å². The average molecular weight is 442 g/mol. The van der Waals surface area contributed by atoms with Crippen molar-refractivity contribution in [1.29, 1.82) is 0 Å². The van der Waals surface area contributed by atoms with E-state index in [1.165, 1.54) is 24.7 Å². The minimum Gasteiger partial charge on any atom is -0.492 e. The van der Waals surface area contributed by atoms with Crippen molar-refractivity contribution in [3.63, 3.8) is 0 Å². The second-order valence-corrected chi connectivity index (χ2v) is 8.13. The normalized spacial score (nSPS) is 14.4. The van der Waals surface area contributed by atoms with Gasteiger partial charge in [-0.05, 0) is 25.5 Å². The molecule has 10 heteroatoms. The number of nitrogens with zero attached hydrogens (tertiary/aromatic N) is 4. The maximum Gasteiger partial charge on any atom is 0.341 e. The average Bonchev–Trinajstić information content (AvgIpc) is 3.41. The molecule has 3 aromatic rings. The van der Waals surface area contributed by atoms with E-state index >= 15 is 0 Å². The first kappa shape index (κ1) is 20.2. The maximum absolute atomic E-state index is 13.1. The van der Waals surface area contributed by atoms with Crippen LogP contribution < -0.4 is 15.2 Å². The van der Waals surface area contributed by atoms with Gasteiger partial charge in [-0.1, -0.05) is 0 Å². The molecule has 0 aliphatic carbocycles. The Bertz CT molecular complexity index is 1310. The Morgan fingerprint density at radius 3 is 2.69 bits per heavy atom. The summed E-state index contributed by atoms with van der Waals surface area (Å²) in [6, 6.07) is 3.24. The van der Waals surface area contributed by atoms with Crippen molar-refractivity contribution in [2.24, 2.45) is 0 Å². The third-order valence-electron chi connectivity index (χ3n) is 5.89. The molecule has 0 radical (unpaired) electrons. The molecule has 0 bridgehead atoms. The number of carbonyl (C=O) groups is 1. The van der Waals surface area contributed by atoms with Gasteiger partial charge in [-0.3, -0.25) is 9.47 Å². The van der Waals surface area contributed by atoms with E-state index in [0.29, 0.717) is 46.8 Å². The summed E-state index contributed by atoms with van der Waals surface area (Å²) in [5, 5.41) is 15.1. The number of carboxylic acids is 1. The highest BCUT2D eigenvalue weighted by Gasteiger charge is 2.32. The predicted octanol–water partition coefficient (Wildman–Crippen LogP) is 3.27. The fourth-order valence-electron chi connectivity index (χ4n) is 4.45. The van der Waals surface area contributed by atoms with E-state index < -0.39 is 17.9 Å². The lowest BCUT2D eigenvalue weighted by Crippen LogP contribution is -2.44. The summed E-state index contributed by atoms with van der Waals surface area (Å²) in [5.41, 5.74) is 3.52. The van der Waals surface area contributed by atoms with Gasteiger partial charge in [0.15, 0.2) is 5.43 Å². The van der Waals surface area contributed by atoms with Crippen LogP contribution in [0, 0.1) is 0 Å². The number of rotatable bonds is 4. The third kappa shape index (κ3) is 2.97. The first-order chi connectivity index (χ1) is 15.3. The van der Waals surface area contributed by atoms with Crippen LogP contribution in [0.1, 0.15) is 41.9 Å². The standard InChI is InChI=1S/C22H20F2N4O4/c1-11(2)27-9-12-5-15(13-7-25-26(8-13)22(23)24)20-14(3-4-32-20)19(12)17-6-18(29)16(21(30)31)10-28(17)27/h5-8,10-11,22H,3-4,9H2,1-2H3,(H,30,31). The number of carboxylic acid groups (broad SMARTS) is 1. The summed E-state index contributed by atoms with van der Waals surface area (Å²) in [6.07, 6.45) is 4.63. The number of halogens is 2. The molecule has 2 aliphatic rings. The molecule has 0 atom stereocenters. The largest absolute Gasteiger partial charge is 0.492 e. The molecule has 0 saturated carbocycles. The molecule has 0 spiro atoms. The predicted molar refractivity (Wildman–Crippen MR) is 112 cm³/mol. The molecule has 2 aromatic heterocycles. The van der Waals surface area contributed by atoms with Crippen LogP contribution in [-0.4, -0.2) is 38.2 Å². The van der Waals surface area contributed by atoms with Crippen molar-refractivity contribution in [1.82, 2.24) is 14.5 Å². The van der Waals surface area contributed by atoms with Gasteiger partial charge in [0.2, 0.25) is 0 Å². The number of ether oxygens (including phenoxy) is 1. The molecule has 0 fully saturated rings. The van der Waals surface area contributed by atoms with Crippen molar-refractivity contribution < 1.29 is 23.4 Å². The highest BCUT2D eigenvalue weighted by Crippen LogP contribution is 2.46. The van der Waals surface area contributed by atoms with Crippen LogP contribution in [-0.2, 0) is 13.0 Å². The van der Waals surface area contributed by atoms with E-state index in [4.69, 9.17) is 4.74 Å². The number of hydrogen-bond donors (Lipinski definition) is 1. The topological polar surface area (TPSA) is 89.6 Å². The summed E-state index contributed by atoms with van der Waals surface area (Å²) in [4.78, 5) is 24.1. The summed E-state index contributed by atoms with van der Waals surface area (Å²) >= 11 is 0. The lowest BCUT2D eigenvalue weighted by molar-refractivity contribution is 0.0566. The van der Waals surface area contributed by atoms with Gasteiger partial charge in [-0.15, -0.1) is 0 Å². The van der Waals surface area contributed by atoms with Crippen molar-refractivity contribution in [3.8, 4) is 28.1 Å². The van der Waals surface area contributed by atoms with Crippen LogP contribution in [0.4, 0.5) is 8.78 Å². The third-order valence-corrected chi connectivity index (χ3v) is 5.89. The van der Waals surface area contributed by atoms with Crippen LogP contribution in [0.2, 0.25) is 0 Å². The highest BCUT2D eigenvalue weighted by molar-refractivity contribution is 5.89. The number of aromatic nitrogens is 3. The summed E-state index contributed by atoms with van der Waals surface area (Å²) < 4.78 is 34.3. The molecule has 1 aromatic carbocycles. The van der Waals surface area contributed by atoms with Crippen LogP contribution in [0.5, 0.6) is 5.75 Å². The molecule has 0 saturated heterocycles. The molecule has 166 valence electrons. The Hall–Kier alpha value is -3.69. The Balaban J connectivity index is 1.77. The molecular weight excluding hydrogens is 422 g/mol. The number of alkyl halides is 2. The van der Waals surface area contributed by atoms with Crippen molar-refractivity contribution in [2.75, 3.05) is 11.6 Å². The Morgan fingerprint density at radius 1 is 1.25 bits per heavy atom. The number of fused-ring (bicyclic) bond motifs is 5. The monoisotopic (exact) mass is 442 g/mol. The highest BCUT2D eigenvalue weighted by atomic mass is 19.3. The molecule has 32 heavy (non-hydrogen) atoms. The van der Waals surface area contributed by atoms with E-state index in [-0.39, 0.29) is 11.6 Å². The van der Waals surface area contributed by atoms with E-state index in [9.17, 15) is 23.5 Å². The van der Waals surface area contributed by atoms with E-state index in [0.717, 1.165) is 16.7 Å². The Morgan fingerprint density at radius 2 is 2.03 bits per heavy atom.